The van der Waals surface area contributed by atoms with Gasteiger partial charge in [-0.05, 0) is 19.2 Å². The Bertz CT molecular complexity index is 267. The summed E-state index contributed by atoms with van der Waals surface area (Å²) in [5.74, 6) is 0.664. The molecular formula is C9H13FOSi. The molecule has 12 heavy (non-hydrogen) atoms. The third kappa shape index (κ3) is 1.85. The number of ether oxygens (including phenoxy) is 1. The monoisotopic (exact) mass is 184 g/mol. The Labute approximate surface area is 73.4 Å². The van der Waals surface area contributed by atoms with Crippen LogP contribution in [0.15, 0.2) is 24.3 Å². The van der Waals surface area contributed by atoms with Crippen molar-refractivity contribution in [1.29, 1.82) is 0 Å². The normalized spacial score (nSPS) is 11.3. The van der Waals surface area contributed by atoms with E-state index in [1.54, 1.807) is 32.3 Å². The lowest BCUT2D eigenvalue weighted by Crippen LogP contribution is -2.37. The number of hydrogen-bond acceptors (Lipinski definition) is 1. The van der Waals surface area contributed by atoms with E-state index in [4.69, 9.17) is 4.74 Å². The van der Waals surface area contributed by atoms with Gasteiger partial charge in [-0.15, -0.1) is 0 Å². The highest BCUT2D eigenvalue weighted by Gasteiger charge is 2.26. The lowest BCUT2D eigenvalue weighted by Gasteiger charge is -2.14. The molecule has 0 saturated carbocycles. The highest BCUT2D eigenvalue weighted by molar-refractivity contribution is 6.84. The fourth-order valence-electron chi connectivity index (χ4n) is 1.14. The molecule has 0 radical (unpaired) electrons. The molecule has 0 fully saturated rings. The molecule has 0 heterocycles. The van der Waals surface area contributed by atoms with E-state index in [0.29, 0.717) is 5.75 Å². The highest BCUT2D eigenvalue weighted by Crippen LogP contribution is 2.13. The first-order valence-electron chi connectivity index (χ1n) is 3.88. The smallest absolute Gasteiger partial charge is 0.275 e. The minimum atomic E-state index is -2.72. The maximum Gasteiger partial charge on any atom is 0.275 e. The summed E-state index contributed by atoms with van der Waals surface area (Å²) in [5.41, 5.74) is 0. The Balaban J connectivity index is 3.14. The first kappa shape index (κ1) is 9.26. The maximum absolute atomic E-state index is 13.6. The number of hydrogen-bond donors (Lipinski definition) is 0. The van der Waals surface area contributed by atoms with Crippen molar-refractivity contribution < 1.29 is 8.84 Å². The lowest BCUT2D eigenvalue weighted by molar-refractivity contribution is 0.417. The molecule has 1 nitrogen and oxygen atoms in total. The van der Waals surface area contributed by atoms with Crippen molar-refractivity contribution in [2.75, 3.05) is 7.11 Å². The van der Waals surface area contributed by atoms with Crippen LogP contribution in [0.25, 0.3) is 0 Å². The first-order chi connectivity index (χ1) is 5.55. The predicted molar refractivity (Wildman–Crippen MR) is 51.2 cm³/mol. The van der Waals surface area contributed by atoms with Crippen molar-refractivity contribution in [2.45, 2.75) is 13.1 Å². The molecule has 0 N–H and O–H groups in total. The zero-order chi connectivity index (χ0) is 9.19. The molecule has 1 aromatic carbocycles. The standard InChI is InChI=1S/C9H13FOSi/c1-11-8-6-4-5-7-9(8)12(2,3)10/h4-7H,1-3H3. The van der Waals surface area contributed by atoms with Gasteiger partial charge in [0.1, 0.15) is 5.75 Å². The molecule has 0 amide bonds. The van der Waals surface area contributed by atoms with Crippen molar-refractivity contribution in [3.8, 4) is 5.75 Å². The zero-order valence-electron chi connectivity index (χ0n) is 7.60. The van der Waals surface area contributed by atoms with Crippen LogP contribution in [0, 0.1) is 0 Å². The summed E-state index contributed by atoms with van der Waals surface area (Å²) in [7, 11) is -1.16. The summed E-state index contributed by atoms with van der Waals surface area (Å²) in [4.78, 5) is 0. The number of benzene rings is 1. The van der Waals surface area contributed by atoms with Crippen LogP contribution in [0.5, 0.6) is 5.75 Å². The molecule has 0 aliphatic rings. The molecule has 3 heteroatoms. The van der Waals surface area contributed by atoms with Gasteiger partial charge in [0.15, 0.2) is 0 Å². The van der Waals surface area contributed by atoms with E-state index in [1.165, 1.54) is 0 Å². The Hall–Kier alpha value is -0.833. The van der Waals surface area contributed by atoms with Crippen LogP contribution >= 0.6 is 0 Å². The fourth-order valence-corrected chi connectivity index (χ4v) is 2.40. The molecule has 0 atom stereocenters. The SMILES string of the molecule is COc1ccccc1[Si](C)(C)F. The van der Waals surface area contributed by atoms with Crippen LogP contribution in [0.2, 0.25) is 13.1 Å². The average Bonchev–Trinajstić information content (AvgIpc) is 2.03. The van der Waals surface area contributed by atoms with Gasteiger partial charge in [0.05, 0.1) is 7.11 Å². The van der Waals surface area contributed by atoms with Crippen molar-refractivity contribution >= 4 is 13.6 Å². The third-order valence-electron chi connectivity index (χ3n) is 1.75. The lowest BCUT2D eigenvalue weighted by atomic mass is 10.3. The molecular weight excluding hydrogens is 171 g/mol. The van der Waals surface area contributed by atoms with E-state index < -0.39 is 8.41 Å². The van der Waals surface area contributed by atoms with Gasteiger partial charge in [0, 0.05) is 5.19 Å². The molecule has 1 rings (SSSR count). The van der Waals surface area contributed by atoms with E-state index in [0.717, 1.165) is 5.19 Å². The Morgan fingerprint density at radius 2 is 1.83 bits per heavy atom. The van der Waals surface area contributed by atoms with Crippen LogP contribution in [0.1, 0.15) is 0 Å². The quantitative estimate of drug-likeness (QED) is 0.505. The van der Waals surface area contributed by atoms with Crippen molar-refractivity contribution in [1.82, 2.24) is 0 Å². The highest BCUT2D eigenvalue weighted by atomic mass is 28.4. The van der Waals surface area contributed by atoms with Gasteiger partial charge in [0.2, 0.25) is 0 Å². The van der Waals surface area contributed by atoms with E-state index in [-0.39, 0.29) is 0 Å². The molecule has 0 aliphatic carbocycles. The Morgan fingerprint density at radius 3 is 2.25 bits per heavy atom. The number of halogens is 1. The summed E-state index contributed by atoms with van der Waals surface area (Å²) in [6.07, 6.45) is 0. The van der Waals surface area contributed by atoms with Crippen LogP contribution < -0.4 is 9.92 Å². The fraction of sp³-hybridized carbons (Fsp3) is 0.333. The average molecular weight is 184 g/mol. The van der Waals surface area contributed by atoms with Gasteiger partial charge in [-0.3, -0.25) is 0 Å². The van der Waals surface area contributed by atoms with Crippen molar-refractivity contribution in [2.24, 2.45) is 0 Å². The van der Waals surface area contributed by atoms with Gasteiger partial charge in [-0.1, -0.05) is 18.2 Å². The third-order valence-corrected chi connectivity index (χ3v) is 3.44. The van der Waals surface area contributed by atoms with Crippen LogP contribution in [0.3, 0.4) is 0 Å². The van der Waals surface area contributed by atoms with Crippen molar-refractivity contribution in [3.05, 3.63) is 24.3 Å². The number of rotatable bonds is 2. The predicted octanol–water partition coefficient (Wildman–Crippen LogP) is 2.08. The van der Waals surface area contributed by atoms with E-state index >= 15 is 0 Å². The van der Waals surface area contributed by atoms with Crippen LogP contribution in [-0.2, 0) is 0 Å². The second-order valence-corrected chi connectivity index (χ2v) is 6.66. The number of methoxy groups -OCH3 is 1. The molecule has 1 aromatic rings. The molecule has 0 saturated heterocycles. The molecule has 0 aliphatic heterocycles. The Morgan fingerprint density at radius 1 is 1.25 bits per heavy atom. The minimum absolute atomic E-state index is 0.664. The van der Waals surface area contributed by atoms with Gasteiger partial charge < -0.3 is 8.84 Å². The molecule has 0 aromatic heterocycles. The largest absolute Gasteiger partial charge is 0.497 e. The molecule has 66 valence electrons. The van der Waals surface area contributed by atoms with Crippen molar-refractivity contribution in [3.63, 3.8) is 0 Å². The summed E-state index contributed by atoms with van der Waals surface area (Å²) in [6.45, 7) is 3.32. The molecule has 0 bridgehead atoms. The Kier molecular flexibility index (Phi) is 2.52. The van der Waals surface area contributed by atoms with Gasteiger partial charge in [-0.25, -0.2) is 0 Å². The van der Waals surface area contributed by atoms with Gasteiger partial charge in [0.25, 0.3) is 8.41 Å². The minimum Gasteiger partial charge on any atom is -0.497 e. The maximum atomic E-state index is 13.6. The topological polar surface area (TPSA) is 9.23 Å². The van der Waals surface area contributed by atoms with Crippen LogP contribution in [-0.4, -0.2) is 15.5 Å². The molecule has 0 spiro atoms. The van der Waals surface area contributed by atoms with Gasteiger partial charge >= 0.3 is 0 Å². The zero-order valence-corrected chi connectivity index (χ0v) is 8.60. The van der Waals surface area contributed by atoms with Gasteiger partial charge in [-0.2, -0.15) is 0 Å². The first-order valence-corrected chi connectivity index (χ1v) is 6.76. The van der Waals surface area contributed by atoms with E-state index in [9.17, 15) is 4.11 Å². The second kappa shape index (κ2) is 3.27. The van der Waals surface area contributed by atoms with E-state index in [1.807, 2.05) is 12.1 Å². The summed E-state index contributed by atoms with van der Waals surface area (Å²) < 4.78 is 18.7. The van der Waals surface area contributed by atoms with E-state index in [2.05, 4.69) is 0 Å². The second-order valence-electron chi connectivity index (χ2n) is 3.17. The van der Waals surface area contributed by atoms with Crippen LogP contribution in [0.4, 0.5) is 4.11 Å². The summed E-state index contributed by atoms with van der Waals surface area (Å²) >= 11 is 0. The molecule has 0 unspecified atom stereocenters. The summed E-state index contributed by atoms with van der Waals surface area (Å²) in [6, 6.07) is 7.28. The summed E-state index contributed by atoms with van der Waals surface area (Å²) in [5, 5.41) is 0.729. The number of para-hydroxylation sites is 1.